The summed E-state index contributed by atoms with van der Waals surface area (Å²) in [5, 5.41) is 3.88. The van der Waals surface area contributed by atoms with Crippen LogP contribution in [-0.2, 0) is 13.0 Å². The summed E-state index contributed by atoms with van der Waals surface area (Å²) < 4.78 is 6.12. The first-order chi connectivity index (χ1) is 15.2. The molecule has 0 unspecified atom stereocenters. The summed E-state index contributed by atoms with van der Waals surface area (Å²) in [6, 6.07) is 16.1. The maximum atomic E-state index is 13.0. The number of nitrogens with one attached hydrogen (secondary N) is 1. The Morgan fingerprint density at radius 3 is 2.52 bits per heavy atom. The molecule has 0 spiro atoms. The molecule has 0 saturated carbocycles. The van der Waals surface area contributed by atoms with E-state index in [2.05, 4.69) is 39.2 Å². The predicted octanol–water partition coefficient (Wildman–Crippen LogP) is 4.86. The van der Waals surface area contributed by atoms with Gasteiger partial charge >= 0.3 is 0 Å². The molecule has 0 bridgehead atoms. The fraction of sp³-hybridized carbons (Fsp3) is 0.320. The van der Waals surface area contributed by atoms with Gasteiger partial charge in [-0.05, 0) is 48.9 Å². The van der Waals surface area contributed by atoms with Gasteiger partial charge < -0.3 is 14.6 Å². The average Bonchev–Trinajstić information content (AvgIpc) is 3.21. The summed E-state index contributed by atoms with van der Waals surface area (Å²) in [5.74, 6) is 0.633. The summed E-state index contributed by atoms with van der Waals surface area (Å²) in [4.78, 5) is 24.5. The Balaban J connectivity index is 1.49. The van der Waals surface area contributed by atoms with E-state index >= 15 is 0 Å². The molecule has 1 fully saturated rings. The number of piperidine rings is 1. The van der Waals surface area contributed by atoms with Crippen LogP contribution < -0.4 is 10.2 Å². The number of aryl methyl sites for hydroxylation is 1. The highest BCUT2D eigenvalue weighted by atomic mass is 16.3. The summed E-state index contributed by atoms with van der Waals surface area (Å²) >= 11 is 0. The van der Waals surface area contributed by atoms with Gasteiger partial charge in [0.1, 0.15) is 11.1 Å². The van der Waals surface area contributed by atoms with Crippen LogP contribution in [-0.4, -0.2) is 29.0 Å². The number of rotatable bonds is 5. The summed E-state index contributed by atoms with van der Waals surface area (Å²) in [5.41, 5.74) is 4.45. The van der Waals surface area contributed by atoms with E-state index in [-0.39, 0.29) is 11.7 Å². The third-order valence-electron chi connectivity index (χ3n) is 5.94. The largest absolute Gasteiger partial charge is 0.450 e. The fourth-order valence-corrected chi connectivity index (χ4v) is 4.15. The Morgan fingerprint density at radius 2 is 1.74 bits per heavy atom. The van der Waals surface area contributed by atoms with E-state index < -0.39 is 0 Å². The lowest BCUT2D eigenvalue weighted by atomic mass is 10.1. The minimum absolute atomic E-state index is 0.185. The Morgan fingerprint density at radius 1 is 1.00 bits per heavy atom. The lowest BCUT2D eigenvalue weighted by Gasteiger charge is -2.27. The molecule has 0 radical (unpaired) electrons. The molecule has 5 rings (SSSR count). The number of para-hydroxylation sites is 1. The molecule has 2 aromatic heterocycles. The third kappa shape index (κ3) is 3.85. The van der Waals surface area contributed by atoms with Gasteiger partial charge in [-0.25, -0.2) is 9.97 Å². The van der Waals surface area contributed by atoms with Gasteiger partial charge in [-0.15, -0.1) is 0 Å². The molecule has 158 valence electrons. The number of hydrogen-bond donors (Lipinski definition) is 1. The van der Waals surface area contributed by atoms with E-state index in [1.165, 1.54) is 12.0 Å². The highest BCUT2D eigenvalue weighted by Gasteiger charge is 2.23. The van der Waals surface area contributed by atoms with Crippen molar-refractivity contribution in [1.82, 2.24) is 15.3 Å². The molecule has 0 aliphatic carbocycles. The van der Waals surface area contributed by atoms with Gasteiger partial charge in [-0.2, -0.15) is 0 Å². The number of furan rings is 1. The van der Waals surface area contributed by atoms with Crippen LogP contribution >= 0.6 is 0 Å². The average molecular weight is 415 g/mol. The van der Waals surface area contributed by atoms with Crippen molar-refractivity contribution < 1.29 is 9.21 Å². The quantitative estimate of drug-likeness (QED) is 0.505. The van der Waals surface area contributed by atoms with Crippen LogP contribution in [0.3, 0.4) is 0 Å². The summed E-state index contributed by atoms with van der Waals surface area (Å²) in [6.45, 7) is 4.39. The molecule has 1 aliphatic rings. The lowest BCUT2D eigenvalue weighted by Crippen LogP contribution is -2.32. The van der Waals surface area contributed by atoms with Gasteiger partial charge in [0, 0.05) is 25.0 Å². The first kappa shape index (κ1) is 19.5. The van der Waals surface area contributed by atoms with Crippen molar-refractivity contribution in [2.24, 2.45) is 0 Å². The van der Waals surface area contributed by atoms with Crippen LogP contribution in [0.2, 0.25) is 0 Å². The number of benzene rings is 2. The monoisotopic (exact) mass is 414 g/mol. The zero-order chi connectivity index (χ0) is 21.2. The molecule has 1 aliphatic heterocycles. The van der Waals surface area contributed by atoms with Crippen molar-refractivity contribution in [3.63, 3.8) is 0 Å². The molecular weight excluding hydrogens is 388 g/mol. The topological polar surface area (TPSA) is 71.3 Å². The van der Waals surface area contributed by atoms with Crippen molar-refractivity contribution >= 4 is 33.8 Å². The van der Waals surface area contributed by atoms with Crippen LogP contribution in [0.5, 0.6) is 0 Å². The van der Waals surface area contributed by atoms with Crippen molar-refractivity contribution in [1.29, 1.82) is 0 Å². The van der Waals surface area contributed by atoms with Gasteiger partial charge in [-0.3, -0.25) is 4.79 Å². The molecule has 2 aromatic carbocycles. The number of carbonyl (C=O) groups excluding carboxylic acids is 1. The molecule has 6 heteroatoms. The van der Waals surface area contributed by atoms with Crippen LogP contribution in [0.15, 0.2) is 52.9 Å². The van der Waals surface area contributed by atoms with E-state index in [1.54, 1.807) is 0 Å². The van der Waals surface area contributed by atoms with Gasteiger partial charge in [0.15, 0.2) is 11.4 Å². The lowest BCUT2D eigenvalue weighted by molar-refractivity contribution is 0.0941. The predicted molar refractivity (Wildman–Crippen MR) is 122 cm³/mol. The maximum Gasteiger partial charge on any atom is 0.289 e. The molecule has 1 saturated heterocycles. The number of anilines is 1. The Kier molecular flexibility index (Phi) is 5.28. The van der Waals surface area contributed by atoms with Crippen LogP contribution in [0.25, 0.3) is 22.1 Å². The van der Waals surface area contributed by atoms with Crippen molar-refractivity contribution in [3.8, 4) is 0 Å². The summed E-state index contributed by atoms with van der Waals surface area (Å²) in [6.07, 6.45) is 4.44. The Labute approximate surface area is 181 Å². The molecule has 4 aromatic rings. The van der Waals surface area contributed by atoms with Crippen LogP contribution in [0.4, 0.5) is 5.82 Å². The first-order valence-corrected chi connectivity index (χ1v) is 11.0. The molecule has 3 heterocycles. The van der Waals surface area contributed by atoms with E-state index in [0.29, 0.717) is 17.6 Å². The van der Waals surface area contributed by atoms with Crippen molar-refractivity contribution in [2.75, 3.05) is 18.0 Å². The van der Waals surface area contributed by atoms with Gasteiger partial charge in [-0.1, -0.05) is 43.3 Å². The minimum Gasteiger partial charge on any atom is -0.450 e. The molecule has 1 amide bonds. The minimum atomic E-state index is -0.273. The number of nitrogens with zero attached hydrogens (tertiary/aromatic N) is 3. The fourth-order valence-electron chi connectivity index (χ4n) is 4.15. The highest BCUT2D eigenvalue weighted by molar-refractivity contribution is 6.07. The molecule has 1 N–H and O–H groups in total. The van der Waals surface area contributed by atoms with Crippen molar-refractivity contribution in [2.45, 2.75) is 39.2 Å². The molecule has 31 heavy (non-hydrogen) atoms. The van der Waals surface area contributed by atoms with E-state index in [9.17, 15) is 4.79 Å². The zero-order valence-corrected chi connectivity index (χ0v) is 17.7. The number of carbonyl (C=O) groups is 1. The number of hydrogen-bond acceptors (Lipinski definition) is 5. The zero-order valence-electron chi connectivity index (χ0n) is 17.7. The van der Waals surface area contributed by atoms with Crippen LogP contribution in [0.1, 0.15) is 47.9 Å². The maximum absolute atomic E-state index is 13.0. The van der Waals surface area contributed by atoms with Crippen LogP contribution in [0, 0.1) is 0 Å². The molecular formula is C25H26N4O2. The highest BCUT2D eigenvalue weighted by Crippen LogP contribution is 2.33. The molecule has 6 nitrogen and oxygen atoms in total. The second kappa shape index (κ2) is 8.38. The van der Waals surface area contributed by atoms with Crippen molar-refractivity contribution in [3.05, 3.63) is 65.5 Å². The van der Waals surface area contributed by atoms with Gasteiger partial charge in [0.25, 0.3) is 5.91 Å². The second-order valence-corrected chi connectivity index (χ2v) is 8.05. The Bertz CT molecular complexity index is 1220. The van der Waals surface area contributed by atoms with E-state index in [0.717, 1.165) is 54.7 Å². The van der Waals surface area contributed by atoms with Gasteiger partial charge in [0.2, 0.25) is 5.82 Å². The van der Waals surface area contributed by atoms with E-state index in [4.69, 9.17) is 4.42 Å². The van der Waals surface area contributed by atoms with E-state index in [1.807, 2.05) is 36.4 Å². The standard InChI is InChI=1S/C25H26N4O2/c1-2-17-10-12-18(13-11-17)16-26-25(30)23-27-21-19-8-4-5-9-20(19)31-22(21)24(28-23)29-14-6-3-7-15-29/h4-5,8-13H,2-3,6-7,14-16H2,1H3,(H,26,30). The smallest absolute Gasteiger partial charge is 0.289 e. The molecule has 0 atom stereocenters. The third-order valence-corrected chi connectivity index (χ3v) is 5.94. The number of fused-ring (bicyclic) bond motifs is 3. The first-order valence-electron chi connectivity index (χ1n) is 11.0. The SMILES string of the molecule is CCc1ccc(CNC(=O)c2nc(N3CCCCC3)c3oc4ccccc4c3n2)cc1. The Hall–Kier alpha value is -3.41. The van der Waals surface area contributed by atoms with Gasteiger partial charge in [0.05, 0.1) is 0 Å². The number of amides is 1. The number of aromatic nitrogens is 2. The normalized spacial score (nSPS) is 14.3. The summed E-state index contributed by atoms with van der Waals surface area (Å²) in [7, 11) is 0. The second-order valence-electron chi connectivity index (χ2n) is 8.05.